The van der Waals surface area contributed by atoms with Crippen LogP contribution in [0.15, 0.2) is 12.1 Å². The zero-order valence-electron chi connectivity index (χ0n) is 9.17. The number of halogens is 3. The van der Waals surface area contributed by atoms with Crippen molar-refractivity contribution < 1.29 is 8.78 Å². The average Bonchev–Trinajstić information content (AvgIpc) is 2.20. The van der Waals surface area contributed by atoms with Crippen LogP contribution in [0, 0.1) is 0 Å². The molecule has 0 aromatic carbocycles. The molecule has 1 aromatic rings. The number of nitrogens with one attached hydrogen (secondary N) is 1. The lowest BCUT2D eigenvalue weighted by molar-refractivity contribution is 0.156. The van der Waals surface area contributed by atoms with E-state index in [1.807, 2.05) is 0 Å². The highest BCUT2D eigenvalue weighted by atomic mass is 35.5. The molecule has 1 aromatic heterocycles. The monoisotopic (exact) mass is 249 g/mol. The summed E-state index contributed by atoms with van der Waals surface area (Å²) in [7, 11) is 3.35. The van der Waals surface area contributed by atoms with Crippen LogP contribution in [0.25, 0.3) is 0 Å². The summed E-state index contributed by atoms with van der Waals surface area (Å²) in [5.74, 6) is 0.495. The second kappa shape index (κ2) is 5.96. The van der Waals surface area contributed by atoms with Crippen molar-refractivity contribution in [3.05, 3.63) is 22.8 Å². The summed E-state index contributed by atoms with van der Waals surface area (Å²) in [5, 5.41) is 3.45. The molecule has 0 atom stereocenters. The predicted octanol–water partition coefficient (Wildman–Crippen LogP) is 2.16. The molecule has 0 fully saturated rings. The quantitative estimate of drug-likeness (QED) is 0.867. The van der Waals surface area contributed by atoms with Crippen LogP contribution in [0.2, 0.25) is 5.02 Å². The van der Waals surface area contributed by atoms with Crippen molar-refractivity contribution >= 4 is 17.4 Å². The van der Waals surface area contributed by atoms with Crippen molar-refractivity contribution in [3.8, 4) is 0 Å². The first-order valence-corrected chi connectivity index (χ1v) is 5.21. The molecule has 0 aliphatic carbocycles. The first-order valence-electron chi connectivity index (χ1n) is 4.84. The summed E-state index contributed by atoms with van der Waals surface area (Å²) in [4.78, 5) is 5.62. The van der Waals surface area contributed by atoms with Gasteiger partial charge in [-0.15, -0.1) is 0 Å². The Labute approximate surface area is 98.4 Å². The molecule has 0 spiro atoms. The van der Waals surface area contributed by atoms with Crippen molar-refractivity contribution in [1.29, 1.82) is 0 Å². The summed E-state index contributed by atoms with van der Waals surface area (Å²) in [5.41, 5.74) is 0.655. The van der Waals surface area contributed by atoms with E-state index in [9.17, 15) is 8.78 Å². The van der Waals surface area contributed by atoms with Gasteiger partial charge in [0.25, 0.3) is 6.43 Å². The smallest absolute Gasteiger partial charge is 0.255 e. The van der Waals surface area contributed by atoms with E-state index in [2.05, 4.69) is 10.3 Å². The van der Waals surface area contributed by atoms with Crippen molar-refractivity contribution in [2.45, 2.75) is 13.0 Å². The van der Waals surface area contributed by atoms with Gasteiger partial charge in [0.2, 0.25) is 0 Å². The Kier molecular flexibility index (Phi) is 4.89. The van der Waals surface area contributed by atoms with E-state index >= 15 is 0 Å². The van der Waals surface area contributed by atoms with E-state index in [0.29, 0.717) is 23.1 Å². The third-order valence-corrected chi connectivity index (χ3v) is 2.40. The maximum absolute atomic E-state index is 12.2. The minimum Gasteiger partial charge on any atom is -0.354 e. The molecule has 0 saturated heterocycles. The average molecular weight is 250 g/mol. The molecule has 0 bridgehead atoms. The van der Waals surface area contributed by atoms with E-state index in [-0.39, 0.29) is 6.54 Å². The predicted molar refractivity (Wildman–Crippen MR) is 61.3 cm³/mol. The van der Waals surface area contributed by atoms with Crippen LogP contribution in [-0.2, 0) is 6.54 Å². The van der Waals surface area contributed by atoms with Gasteiger partial charge in [-0.2, -0.15) is 0 Å². The Balaban J connectivity index is 2.84. The van der Waals surface area contributed by atoms with E-state index in [1.165, 1.54) is 4.90 Å². The fourth-order valence-corrected chi connectivity index (χ4v) is 1.45. The van der Waals surface area contributed by atoms with Gasteiger partial charge in [-0.1, -0.05) is 11.6 Å². The molecule has 1 heterocycles. The van der Waals surface area contributed by atoms with Crippen molar-refractivity contribution in [2.75, 3.05) is 25.5 Å². The van der Waals surface area contributed by atoms with Crippen molar-refractivity contribution in [3.63, 3.8) is 0 Å². The van der Waals surface area contributed by atoms with Gasteiger partial charge in [0.1, 0.15) is 5.82 Å². The molecule has 1 rings (SSSR count). The molecule has 0 aliphatic rings. The second-order valence-electron chi connectivity index (χ2n) is 3.40. The minimum absolute atomic E-state index is 0.340. The second-order valence-corrected chi connectivity index (χ2v) is 3.81. The van der Waals surface area contributed by atoms with Gasteiger partial charge in [0, 0.05) is 13.6 Å². The summed E-state index contributed by atoms with van der Waals surface area (Å²) in [6, 6.07) is 3.29. The number of hydrogen-bond acceptors (Lipinski definition) is 3. The maximum Gasteiger partial charge on any atom is 0.255 e. The van der Waals surface area contributed by atoms with Crippen LogP contribution >= 0.6 is 11.6 Å². The maximum atomic E-state index is 12.2. The zero-order valence-corrected chi connectivity index (χ0v) is 9.93. The Morgan fingerprint density at radius 2 is 2.19 bits per heavy atom. The zero-order chi connectivity index (χ0) is 12.1. The van der Waals surface area contributed by atoms with E-state index in [1.54, 1.807) is 26.2 Å². The lowest BCUT2D eigenvalue weighted by Crippen LogP contribution is -2.25. The standard InChI is InChI=1S/C10H14ClF2N3/c1-14-5-8-7(11)3-4-10(15-8)16(2)6-9(12)13/h3-4,9,14H,5-6H2,1-2H3. The lowest BCUT2D eigenvalue weighted by atomic mass is 10.3. The Morgan fingerprint density at radius 1 is 1.50 bits per heavy atom. The molecule has 1 N–H and O–H groups in total. The summed E-state index contributed by atoms with van der Waals surface area (Å²) in [6.45, 7) is 0.169. The van der Waals surface area contributed by atoms with Crippen molar-refractivity contribution in [1.82, 2.24) is 10.3 Å². The van der Waals surface area contributed by atoms with Crippen LogP contribution in [0.3, 0.4) is 0 Å². The molecule has 6 heteroatoms. The van der Waals surface area contributed by atoms with E-state index in [4.69, 9.17) is 11.6 Å². The number of pyridine rings is 1. The van der Waals surface area contributed by atoms with Gasteiger partial charge < -0.3 is 10.2 Å². The van der Waals surface area contributed by atoms with Gasteiger partial charge in [0.15, 0.2) is 0 Å². The molecular formula is C10H14ClF2N3. The molecule has 0 amide bonds. The van der Waals surface area contributed by atoms with E-state index in [0.717, 1.165) is 0 Å². The van der Waals surface area contributed by atoms with Gasteiger partial charge in [0.05, 0.1) is 17.3 Å². The number of anilines is 1. The molecule has 16 heavy (non-hydrogen) atoms. The van der Waals surface area contributed by atoms with Gasteiger partial charge in [-0.25, -0.2) is 13.8 Å². The van der Waals surface area contributed by atoms with Gasteiger partial charge >= 0.3 is 0 Å². The first-order chi connectivity index (χ1) is 7.54. The third kappa shape index (κ3) is 3.57. The van der Waals surface area contributed by atoms with Crippen LogP contribution < -0.4 is 10.2 Å². The number of hydrogen-bond donors (Lipinski definition) is 1. The molecular weight excluding hydrogens is 236 g/mol. The fourth-order valence-electron chi connectivity index (χ4n) is 1.28. The summed E-state index contributed by atoms with van der Waals surface area (Å²) < 4.78 is 24.4. The third-order valence-electron chi connectivity index (χ3n) is 2.05. The van der Waals surface area contributed by atoms with Crippen LogP contribution in [0.5, 0.6) is 0 Å². The van der Waals surface area contributed by atoms with Crippen LogP contribution in [0.4, 0.5) is 14.6 Å². The first kappa shape index (κ1) is 13.1. The minimum atomic E-state index is -2.38. The summed E-state index contributed by atoms with van der Waals surface area (Å²) in [6.07, 6.45) is -2.38. The highest BCUT2D eigenvalue weighted by molar-refractivity contribution is 6.31. The Bertz CT molecular complexity index is 347. The SMILES string of the molecule is CNCc1nc(N(C)CC(F)F)ccc1Cl. The van der Waals surface area contributed by atoms with Crippen LogP contribution in [-0.4, -0.2) is 32.0 Å². The fraction of sp³-hybridized carbons (Fsp3) is 0.500. The Hall–Kier alpha value is -0.940. The molecule has 0 aliphatic heterocycles. The Morgan fingerprint density at radius 3 is 2.75 bits per heavy atom. The topological polar surface area (TPSA) is 28.2 Å². The van der Waals surface area contributed by atoms with Crippen molar-refractivity contribution in [2.24, 2.45) is 0 Å². The van der Waals surface area contributed by atoms with E-state index < -0.39 is 6.43 Å². The number of alkyl halides is 2. The molecule has 0 radical (unpaired) electrons. The molecule has 0 saturated carbocycles. The highest BCUT2D eigenvalue weighted by Gasteiger charge is 2.11. The lowest BCUT2D eigenvalue weighted by Gasteiger charge is -2.18. The highest BCUT2D eigenvalue weighted by Crippen LogP contribution is 2.19. The summed E-state index contributed by atoms with van der Waals surface area (Å²) >= 11 is 5.92. The molecule has 90 valence electrons. The number of aromatic nitrogens is 1. The molecule has 3 nitrogen and oxygen atoms in total. The number of nitrogens with zero attached hydrogens (tertiary/aromatic N) is 2. The molecule has 0 unspecified atom stereocenters. The van der Waals surface area contributed by atoms with Gasteiger partial charge in [-0.05, 0) is 19.2 Å². The van der Waals surface area contributed by atoms with Crippen LogP contribution in [0.1, 0.15) is 5.69 Å². The largest absolute Gasteiger partial charge is 0.354 e. The normalized spacial score (nSPS) is 10.9. The van der Waals surface area contributed by atoms with Gasteiger partial charge in [-0.3, -0.25) is 0 Å². The number of rotatable bonds is 5.